The Morgan fingerprint density at radius 3 is 0.756 bits per heavy atom. The fourth-order valence-electron chi connectivity index (χ4n) is 9.55. The van der Waals surface area contributed by atoms with Crippen LogP contribution in [0.5, 0.6) is 0 Å². The molecule has 0 saturated heterocycles. The lowest BCUT2D eigenvalue weighted by atomic mass is 10.0. The maximum absolute atomic E-state index is 12.9. The summed E-state index contributed by atoms with van der Waals surface area (Å²) in [6.45, 7) is 6.48. The van der Waals surface area contributed by atoms with Crippen molar-refractivity contribution in [2.24, 2.45) is 0 Å². The smallest absolute Gasteiger partial charge is 0.306 e. The first-order chi connectivity index (χ1) is 40.5. The number of hydrogen-bond acceptors (Lipinski definition) is 6. The first-order valence-electron chi connectivity index (χ1n) is 34.5. The molecule has 82 heavy (non-hydrogen) atoms. The molecule has 0 spiro atoms. The van der Waals surface area contributed by atoms with Gasteiger partial charge in [-0.2, -0.15) is 0 Å². The number of hydrogen-bond donors (Lipinski definition) is 0. The van der Waals surface area contributed by atoms with Crippen LogP contribution >= 0.6 is 0 Å². The van der Waals surface area contributed by atoms with Crippen molar-refractivity contribution >= 4 is 17.9 Å². The molecule has 468 valence electrons. The molecule has 0 saturated carbocycles. The summed E-state index contributed by atoms with van der Waals surface area (Å²) >= 11 is 0. The van der Waals surface area contributed by atoms with E-state index in [-0.39, 0.29) is 31.1 Å². The van der Waals surface area contributed by atoms with Gasteiger partial charge in [-0.1, -0.05) is 309 Å². The van der Waals surface area contributed by atoms with Gasteiger partial charge < -0.3 is 14.2 Å². The van der Waals surface area contributed by atoms with E-state index in [9.17, 15) is 14.4 Å². The molecule has 0 aromatic rings. The minimum Gasteiger partial charge on any atom is -0.462 e. The van der Waals surface area contributed by atoms with Crippen LogP contribution in [0.3, 0.4) is 0 Å². The van der Waals surface area contributed by atoms with Gasteiger partial charge in [-0.25, -0.2) is 0 Å². The number of unbranched alkanes of at least 4 members (excludes halogenated alkanes) is 31. The molecule has 0 rings (SSSR count). The van der Waals surface area contributed by atoms with E-state index >= 15 is 0 Å². The van der Waals surface area contributed by atoms with Crippen molar-refractivity contribution in [2.45, 2.75) is 329 Å². The van der Waals surface area contributed by atoms with Gasteiger partial charge in [0.2, 0.25) is 0 Å². The van der Waals surface area contributed by atoms with Crippen LogP contribution in [-0.2, 0) is 28.6 Å². The molecule has 0 amide bonds. The summed E-state index contributed by atoms with van der Waals surface area (Å²) in [4.78, 5) is 38.1. The highest BCUT2D eigenvalue weighted by Crippen LogP contribution is 2.16. The number of allylic oxidation sites excluding steroid dienone is 20. The van der Waals surface area contributed by atoms with Gasteiger partial charge in [0.05, 0.1) is 0 Å². The van der Waals surface area contributed by atoms with Crippen LogP contribution in [0.2, 0.25) is 0 Å². The lowest BCUT2D eigenvalue weighted by molar-refractivity contribution is -0.167. The van der Waals surface area contributed by atoms with Crippen molar-refractivity contribution in [3.05, 3.63) is 122 Å². The van der Waals surface area contributed by atoms with E-state index in [2.05, 4.69) is 142 Å². The average Bonchev–Trinajstić information content (AvgIpc) is 3.47. The first kappa shape index (κ1) is 77.8. The zero-order valence-electron chi connectivity index (χ0n) is 53.7. The molecule has 0 aliphatic rings. The van der Waals surface area contributed by atoms with Crippen molar-refractivity contribution < 1.29 is 28.6 Å². The SMILES string of the molecule is CC/C=C\C/C=C\C/C=C\C/C=C\C/C=C\C/C=C\C/C=C\C/C=C\C/C=C\CCCCCCCCCC(=O)OCC(COC(=O)CCCCCCCC)OC(=O)CCCCCCCCCCCCC/C=C\CCCCCCCCCC. The maximum Gasteiger partial charge on any atom is 0.306 e. The molecule has 0 aromatic carbocycles. The summed E-state index contributed by atoms with van der Waals surface area (Å²) in [6.07, 6.45) is 96.8. The van der Waals surface area contributed by atoms with Crippen LogP contribution in [0.1, 0.15) is 323 Å². The Hall–Kier alpha value is -4.19. The van der Waals surface area contributed by atoms with Crippen LogP contribution in [0.4, 0.5) is 0 Å². The van der Waals surface area contributed by atoms with E-state index in [1.165, 1.54) is 161 Å². The van der Waals surface area contributed by atoms with E-state index in [1.54, 1.807) is 0 Å². The van der Waals surface area contributed by atoms with Gasteiger partial charge in [0.25, 0.3) is 0 Å². The number of carbonyl (C=O) groups excluding carboxylic acids is 3. The second-order valence-corrected chi connectivity index (χ2v) is 22.7. The summed E-state index contributed by atoms with van der Waals surface area (Å²) in [5.41, 5.74) is 0. The van der Waals surface area contributed by atoms with Crippen LogP contribution < -0.4 is 0 Å². The summed E-state index contributed by atoms with van der Waals surface area (Å²) in [5, 5.41) is 0. The minimum absolute atomic E-state index is 0.0812. The largest absolute Gasteiger partial charge is 0.462 e. The molecule has 0 aliphatic carbocycles. The average molecular weight is 1140 g/mol. The molecule has 0 bridgehead atoms. The number of esters is 3. The van der Waals surface area contributed by atoms with Gasteiger partial charge in [0, 0.05) is 19.3 Å². The topological polar surface area (TPSA) is 78.9 Å². The molecule has 6 nitrogen and oxygen atoms in total. The molecule has 0 N–H and O–H groups in total. The normalized spacial score (nSPS) is 12.9. The Bertz CT molecular complexity index is 1690. The lowest BCUT2D eigenvalue weighted by Crippen LogP contribution is -2.30. The Labute approximate surface area is 507 Å². The predicted molar refractivity (Wildman–Crippen MR) is 357 cm³/mol. The molecular formula is C76H128O6. The van der Waals surface area contributed by atoms with Crippen molar-refractivity contribution in [1.29, 1.82) is 0 Å². The molecule has 0 fully saturated rings. The first-order valence-corrected chi connectivity index (χ1v) is 34.5. The fourth-order valence-corrected chi connectivity index (χ4v) is 9.55. The zero-order valence-corrected chi connectivity index (χ0v) is 53.7. The third-order valence-corrected chi connectivity index (χ3v) is 14.7. The maximum atomic E-state index is 12.9. The van der Waals surface area contributed by atoms with Crippen LogP contribution in [-0.4, -0.2) is 37.2 Å². The highest BCUT2D eigenvalue weighted by Gasteiger charge is 2.19. The number of ether oxygens (including phenoxy) is 3. The summed E-state index contributed by atoms with van der Waals surface area (Å²) in [6, 6.07) is 0. The van der Waals surface area contributed by atoms with Crippen molar-refractivity contribution in [2.75, 3.05) is 13.2 Å². The summed E-state index contributed by atoms with van der Waals surface area (Å²) in [5.74, 6) is -0.896. The Balaban J connectivity index is 4.10. The quantitative estimate of drug-likeness (QED) is 0.0261. The Morgan fingerprint density at radius 1 is 0.256 bits per heavy atom. The molecule has 0 heterocycles. The number of rotatable bonds is 62. The monoisotopic (exact) mass is 1140 g/mol. The second kappa shape index (κ2) is 69.3. The highest BCUT2D eigenvalue weighted by atomic mass is 16.6. The van der Waals surface area contributed by atoms with E-state index in [0.717, 1.165) is 122 Å². The highest BCUT2D eigenvalue weighted by molar-refractivity contribution is 5.71. The van der Waals surface area contributed by atoms with Gasteiger partial charge in [-0.3, -0.25) is 14.4 Å². The zero-order chi connectivity index (χ0) is 59.2. The van der Waals surface area contributed by atoms with Crippen molar-refractivity contribution in [3.63, 3.8) is 0 Å². The van der Waals surface area contributed by atoms with E-state index in [4.69, 9.17) is 14.2 Å². The third kappa shape index (κ3) is 66.6. The predicted octanol–water partition coefficient (Wildman–Crippen LogP) is 23.9. The van der Waals surface area contributed by atoms with Crippen molar-refractivity contribution in [1.82, 2.24) is 0 Å². The Morgan fingerprint density at radius 2 is 0.476 bits per heavy atom. The van der Waals surface area contributed by atoms with Crippen LogP contribution in [0, 0.1) is 0 Å². The fraction of sp³-hybridized carbons (Fsp3) is 0.697. The summed E-state index contributed by atoms with van der Waals surface area (Å²) in [7, 11) is 0. The van der Waals surface area contributed by atoms with Gasteiger partial charge in [-0.05, 0) is 116 Å². The Kier molecular flexibility index (Phi) is 65.8. The van der Waals surface area contributed by atoms with Gasteiger partial charge in [0.1, 0.15) is 13.2 Å². The van der Waals surface area contributed by atoms with Crippen LogP contribution in [0.15, 0.2) is 122 Å². The third-order valence-electron chi connectivity index (χ3n) is 14.7. The lowest BCUT2D eigenvalue weighted by Gasteiger charge is -2.18. The standard InChI is InChI=1S/C76H128O6/c1-4-7-10-13-16-18-20-22-24-26-28-30-32-33-34-35-36-37-38-39-40-41-42-43-45-46-48-50-52-54-56-58-60-63-66-69-75(78)81-72-73(71-80-74(77)68-65-62-15-12-9-6-3)82-76(79)70-67-64-61-59-57-55-53-51-49-47-44-31-29-27-25-23-21-19-17-14-11-8-5-2/h7,10,16,18,22,24,27-30,33-34,36-37,39-40,42-43,46,48,73H,4-6,8-9,11-15,17,19-21,23,25-26,31-32,35,38,41,44-45,47,49-72H2,1-3H3/b10-7-,18-16-,24-22-,29-27-,30-28-,34-33-,37-36-,40-39-,43-42-,48-46-. The minimum atomic E-state index is -0.782. The van der Waals surface area contributed by atoms with Gasteiger partial charge in [0.15, 0.2) is 6.10 Å². The molecule has 6 heteroatoms. The molecule has 1 atom stereocenters. The molecule has 0 aromatic heterocycles. The molecule has 1 unspecified atom stereocenters. The van der Waals surface area contributed by atoms with Gasteiger partial charge >= 0.3 is 17.9 Å². The van der Waals surface area contributed by atoms with Crippen molar-refractivity contribution in [3.8, 4) is 0 Å². The summed E-state index contributed by atoms with van der Waals surface area (Å²) < 4.78 is 16.8. The van der Waals surface area contributed by atoms with Crippen LogP contribution in [0.25, 0.3) is 0 Å². The second-order valence-electron chi connectivity index (χ2n) is 22.7. The van der Waals surface area contributed by atoms with E-state index in [0.29, 0.717) is 19.3 Å². The molecule has 0 aliphatic heterocycles. The van der Waals surface area contributed by atoms with E-state index < -0.39 is 6.10 Å². The van der Waals surface area contributed by atoms with E-state index in [1.807, 2.05) is 0 Å². The molecule has 0 radical (unpaired) electrons. The number of carbonyl (C=O) groups is 3. The van der Waals surface area contributed by atoms with Gasteiger partial charge in [-0.15, -0.1) is 0 Å². The molecular weight excluding hydrogens is 1010 g/mol.